The number of halogens is 1. The summed E-state index contributed by atoms with van der Waals surface area (Å²) in [6.07, 6.45) is 0. The number of likely N-dealkylation sites (N-methyl/N-ethyl adjacent to an activating group) is 1. The minimum Gasteiger partial charge on any atom is -0.379 e. The van der Waals surface area contributed by atoms with Gasteiger partial charge in [0.25, 0.3) is 0 Å². The molecule has 5 heteroatoms. The predicted molar refractivity (Wildman–Crippen MR) is 84.4 cm³/mol. The number of amides is 1. The van der Waals surface area contributed by atoms with E-state index in [2.05, 4.69) is 5.32 Å². The minimum absolute atomic E-state index is 0.0117. The Morgan fingerprint density at radius 1 is 1.43 bits per heavy atom. The number of hydrogen-bond donors (Lipinski definition) is 1. The molecule has 0 aromatic heterocycles. The van der Waals surface area contributed by atoms with Crippen molar-refractivity contribution in [3.8, 4) is 0 Å². The summed E-state index contributed by atoms with van der Waals surface area (Å²) in [5.74, 6) is 0.0191. The first-order chi connectivity index (χ1) is 10.0. The Kier molecular flexibility index (Phi) is 5.62. The van der Waals surface area contributed by atoms with Crippen molar-refractivity contribution in [3.05, 3.63) is 34.9 Å². The topological polar surface area (TPSA) is 41.6 Å². The molecule has 0 aliphatic carbocycles. The summed E-state index contributed by atoms with van der Waals surface area (Å²) in [7, 11) is 1.85. The van der Waals surface area contributed by atoms with Crippen molar-refractivity contribution in [2.24, 2.45) is 5.92 Å². The Balaban J connectivity index is 2.06. The quantitative estimate of drug-likeness (QED) is 0.908. The molecule has 0 radical (unpaired) electrons. The number of hydrogen-bond acceptors (Lipinski definition) is 3. The normalized spacial score (nSPS) is 23.0. The van der Waals surface area contributed by atoms with Gasteiger partial charge >= 0.3 is 0 Å². The molecule has 3 atom stereocenters. The molecule has 1 aromatic carbocycles. The van der Waals surface area contributed by atoms with E-state index in [4.69, 9.17) is 16.3 Å². The van der Waals surface area contributed by atoms with Crippen LogP contribution >= 0.6 is 11.6 Å². The van der Waals surface area contributed by atoms with Gasteiger partial charge in [0.15, 0.2) is 0 Å². The summed E-state index contributed by atoms with van der Waals surface area (Å²) < 4.78 is 5.47. The highest BCUT2D eigenvalue weighted by Crippen LogP contribution is 2.24. The van der Waals surface area contributed by atoms with Crippen molar-refractivity contribution in [2.45, 2.75) is 25.9 Å². The SMILES string of the molecule is CCNC1COCC1C(=O)N(C)C(C)c1ccc(Cl)cc1. The number of nitrogens with zero attached hydrogens (tertiary/aromatic N) is 1. The number of nitrogens with one attached hydrogen (secondary N) is 1. The number of rotatable bonds is 5. The maximum atomic E-state index is 12.7. The van der Waals surface area contributed by atoms with Crippen LogP contribution in [0.1, 0.15) is 25.5 Å². The fourth-order valence-electron chi connectivity index (χ4n) is 2.68. The minimum atomic E-state index is -0.107. The van der Waals surface area contributed by atoms with Crippen LogP contribution in [0.3, 0.4) is 0 Å². The molecule has 1 aliphatic rings. The van der Waals surface area contributed by atoms with Gasteiger partial charge in [-0.15, -0.1) is 0 Å². The van der Waals surface area contributed by atoms with E-state index >= 15 is 0 Å². The fourth-order valence-corrected chi connectivity index (χ4v) is 2.80. The lowest BCUT2D eigenvalue weighted by molar-refractivity contribution is -0.136. The molecule has 1 N–H and O–H groups in total. The van der Waals surface area contributed by atoms with Crippen molar-refractivity contribution < 1.29 is 9.53 Å². The van der Waals surface area contributed by atoms with Gasteiger partial charge in [-0.3, -0.25) is 4.79 Å². The van der Waals surface area contributed by atoms with Crippen LogP contribution in [0.4, 0.5) is 0 Å². The fraction of sp³-hybridized carbons (Fsp3) is 0.562. The third-order valence-corrected chi connectivity index (χ3v) is 4.40. The van der Waals surface area contributed by atoms with Crippen molar-refractivity contribution >= 4 is 17.5 Å². The van der Waals surface area contributed by atoms with Gasteiger partial charge in [0.1, 0.15) is 0 Å². The smallest absolute Gasteiger partial charge is 0.229 e. The summed E-state index contributed by atoms with van der Waals surface area (Å²) in [6, 6.07) is 7.76. The zero-order valence-electron chi connectivity index (χ0n) is 12.8. The second kappa shape index (κ2) is 7.25. The van der Waals surface area contributed by atoms with E-state index in [9.17, 15) is 4.79 Å². The van der Waals surface area contributed by atoms with E-state index < -0.39 is 0 Å². The molecule has 0 saturated carbocycles. The lowest BCUT2D eigenvalue weighted by Gasteiger charge is -2.29. The zero-order chi connectivity index (χ0) is 15.4. The molecule has 2 rings (SSSR count). The molecule has 1 saturated heterocycles. The molecule has 1 amide bonds. The standard InChI is InChI=1S/C16H23ClN2O2/c1-4-18-15-10-21-9-14(15)16(20)19(3)11(2)12-5-7-13(17)8-6-12/h5-8,11,14-15,18H,4,9-10H2,1-3H3. The lowest BCUT2D eigenvalue weighted by atomic mass is 10.00. The van der Waals surface area contributed by atoms with Crippen molar-refractivity contribution in [1.29, 1.82) is 0 Å². The number of carbonyl (C=O) groups excluding carboxylic acids is 1. The first-order valence-electron chi connectivity index (χ1n) is 7.37. The van der Waals surface area contributed by atoms with Crippen LogP contribution in [0, 0.1) is 5.92 Å². The average Bonchev–Trinajstić information content (AvgIpc) is 2.94. The van der Waals surface area contributed by atoms with Gasteiger partial charge in [-0.25, -0.2) is 0 Å². The van der Waals surface area contributed by atoms with E-state index in [1.54, 1.807) is 4.90 Å². The molecule has 1 fully saturated rings. The van der Waals surface area contributed by atoms with Crippen LogP contribution < -0.4 is 5.32 Å². The van der Waals surface area contributed by atoms with Gasteiger partial charge < -0.3 is 15.0 Å². The van der Waals surface area contributed by atoms with Crippen LogP contribution in [0.15, 0.2) is 24.3 Å². The number of carbonyl (C=O) groups is 1. The molecule has 21 heavy (non-hydrogen) atoms. The first kappa shape index (κ1) is 16.3. The van der Waals surface area contributed by atoms with E-state index in [-0.39, 0.29) is 23.9 Å². The van der Waals surface area contributed by atoms with Crippen molar-refractivity contribution in [2.75, 3.05) is 26.8 Å². The molecule has 116 valence electrons. The Hall–Kier alpha value is -1.10. The van der Waals surface area contributed by atoms with Gasteiger partial charge in [0.05, 0.1) is 25.2 Å². The average molecular weight is 311 g/mol. The predicted octanol–water partition coefficient (Wildman–Crippen LogP) is 2.48. The Morgan fingerprint density at radius 3 is 2.71 bits per heavy atom. The molecular formula is C16H23ClN2O2. The summed E-state index contributed by atoms with van der Waals surface area (Å²) in [5.41, 5.74) is 1.08. The maximum absolute atomic E-state index is 12.7. The summed E-state index contributed by atoms with van der Waals surface area (Å²) in [4.78, 5) is 14.5. The molecule has 3 unspecified atom stereocenters. The largest absolute Gasteiger partial charge is 0.379 e. The van der Waals surface area contributed by atoms with Crippen LogP contribution in [0.2, 0.25) is 5.02 Å². The van der Waals surface area contributed by atoms with Gasteiger partial charge in [-0.2, -0.15) is 0 Å². The number of ether oxygens (including phenoxy) is 1. The van der Waals surface area contributed by atoms with Crippen molar-refractivity contribution in [3.63, 3.8) is 0 Å². The Labute approximate surface area is 131 Å². The Morgan fingerprint density at radius 2 is 2.10 bits per heavy atom. The van der Waals surface area contributed by atoms with Crippen molar-refractivity contribution in [1.82, 2.24) is 10.2 Å². The highest BCUT2D eigenvalue weighted by atomic mass is 35.5. The third kappa shape index (κ3) is 3.76. The van der Waals surface area contributed by atoms with E-state index in [0.29, 0.717) is 18.2 Å². The van der Waals surface area contributed by atoms with Crippen LogP contribution in [-0.2, 0) is 9.53 Å². The number of benzene rings is 1. The van der Waals surface area contributed by atoms with Gasteiger partial charge in [0.2, 0.25) is 5.91 Å². The van der Waals surface area contributed by atoms with E-state index in [1.165, 1.54) is 0 Å². The van der Waals surface area contributed by atoms with E-state index in [1.807, 2.05) is 45.2 Å². The van der Waals surface area contributed by atoms with E-state index in [0.717, 1.165) is 12.1 Å². The molecule has 1 heterocycles. The summed E-state index contributed by atoms with van der Waals surface area (Å²) in [5, 5.41) is 4.03. The van der Waals surface area contributed by atoms with Crippen LogP contribution in [-0.4, -0.2) is 43.7 Å². The summed E-state index contributed by atoms with van der Waals surface area (Å²) in [6.45, 7) is 6.01. The molecule has 1 aliphatic heterocycles. The highest BCUT2D eigenvalue weighted by Gasteiger charge is 2.36. The second-order valence-corrected chi connectivity index (χ2v) is 5.92. The highest BCUT2D eigenvalue weighted by molar-refractivity contribution is 6.30. The summed E-state index contributed by atoms with van der Waals surface area (Å²) >= 11 is 5.91. The molecule has 0 bridgehead atoms. The monoisotopic (exact) mass is 310 g/mol. The first-order valence-corrected chi connectivity index (χ1v) is 7.75. The maximum Gasteiger partial charge on any atom is 0.229 e. The molecule has 4 nitrogen and oxygen atoms in total. The van der Waals surface area contributed by atoms with Gasteiger partial charge in [-0.1, -0.05) is 30.7 Å². The van der Waals surface area contributed by atoms with Crippen LogP contribution in [0.25, 0.3) is 0 Å². The van der Waals surface area contributed by atoms with Gasteiger partial charge in [-0.05, 0) is 31.2 Å². The third-order valence-electron chi connectivity index (χ3n) is 4.15. The molecule has 0 spiro atoms. The second-order valence-electron chi connectivity index (χ2n) is 5.48. The Bertz CT molecular complexity index is 478. The zero-order valence-corrected chi connectivity index (χ0v) is 13.6. The lowest BCUT2D eigenvalue weighted by Crippen LogP contribution is -2.45. The molecule has 1 aromatic rings. The van der Waals surface area contributed by atoms with Gasteiger partial charge in [0, 0.05) is 18.1 Å². The van der Waals surface area contributed by atoms with Crippen LogP contribution in [0.5, 0.6) is 0 Å². The molecular weight excluding hydrogens is 288 g/mol.